The van der Waals surface area contributed by atoms with Crippen molar-refractivity contribution in [2.45, 2.75) is 6.61 Å². The van der Waals surface area contributed by atoms with Crippen molar-refractivity contribution >= 4 is 17.6 Å². The molecule has 0 saturated carbocycles. The van der Waals surface area contributed by atoms with E-state index in [2.05, 4.69) is 9.73 Å². The minimum atomic E-state index is -3.00. The van der Waals surface area contributed by atoms with E-state index >= 15 is 0 Å². The van der Waals surface area contributed by atoms with Crippen LogP contribution in [0, 0.1) is 10.1 Å². The maximum absolute atomic E-state index is 12.8. The summed E-state index contributed by atoms with van der Waals surface area (Å²) in [7, 11) is 1.51. The highest BCUT2D eigenvalue weighted by atomic mass is 19.3. The van der Waals surface area contributed by atoms with Crippen molar-refractivity contribution in [2.75, 3.05) is 7.11 Å². The first-order chi connectivity index (χ1) is 14.4. The van der Waals surface area contributed by atoms with Gasteiger partial charge in [0.2, 0.25) is 0 Å². The van der Waals surface area contributed by atoms with Gasteiger partial charge in [-0.1, -0.05) is 12.1 Å². The molecule has 0 aliphatic rings. The van der Waals surface area contributed by atoms with Crippen LogP contribution in [0.2, 0.25) is 0 Å². The van der Waals surface area contributed by atoms with E-state index in [4.69, 9.17) is 4.74 Å². The summed E-state index contributed by atoms with van der Waals surface area (Å²) in [5, 5.41) is 20.8. The first-order valence-corrected chi connectivity index (χ1v) is 8.62. The number of halogens is 2. The first kappa shape index (κ1) is 20.7. The van der Waals surface area contributed by atoms with Crippen molar-refractivity contribution in [2.24, 2.45) is 4.99 Å². The monoisotopic (exact) mass is 414 g/mol. The zero-order valence-electron chi connectivity index (χ0n) is 15.7. The smallest absolute Gasteiger partial charge is 0.387 e. The summed E-state index contributed by atoms with van der Waals surface area (Å²) in [6, 6.07) is 14.6. The number of hydrogen-bond acceptors (Lipinski definition) is 6. The van der Waals surface area contributed by atoms with Crippen LogP contribution in [0.15, 0.2) is 65.7 Å². The molecular weight excluding hydrogens is 398 g/mol. The molecule has 0 heterocycles. The van der Waals surface area contributed by atoms with Gasteiger partial charge in [0.25, 0.3) is 5.69 Å². The number of alkyl halides is 2. The van der Waals surface area contributed by atoms with Crippen LogP contribution >= 0.6 is 0 Å². The lowest BCUT2D eigenvalue weighted by Gasteiger charge is -2.12. The van der Waals surface area contributed by atoms with Crippen LogP contribution in [0.5, 0.6) is 17.2 Å². The molecule has 0 aromatic heterocycles. The second kappa shape index (κ2) is 8.99. The summed E-state index contributed by atoms with van der Waals surface area (Å²) in [5.74, 6) is 0.384. The molecule has 30 heavy (non-hydrogen) atoms. The third-order valence-corrected chi connectivity index (χ3v) is 4.15. The van der Waals surface area contributed by atoms with Gasteiger partial charge in [0.1, 0.15) is 17.2 Å². The number of aromatic hydroxyl groups is 1. The largest absolute Gasteiger partial charge is 0.507 e. The number of nitro groups is 1. The number of benzene rings is 3. The highest BCUT2D eigenvalue weighted by molar-refractivity contribution is 5.87. The van der Waals surface area contributed by atoms with E-state index in [0.717, 1.165) is 0 Å². The number of non-ortho nitro benzene ring substituents is 1. The van der Waals surface area contributed by atoms with Crippen molar-refractivity contribution in [1.82, 2.24) is 0 Å². The number of aliphatic imine (C=N–C) groups is 1. The van der Waals surface area contributed by atoms with Gasteiger partial charge < -0.3 is 14.6 Å². The number of nitrogens with zero attached hydrogens (tertiary/aromatic N) is 2. The van der Waals surface area contributed by atoms with Crippen molar-refractivity contribution in [3.63, 3.8) is 0 Å². The van der Waals surface area contributed by atoms with Gasteiger partial charge in [0.15, 0.2) is 0 Å². The first-order valence-electron chi connectivity index (χ1n) is 8.62. The molecule has 0 bridgehead atoms. The Bertz CT molecular complexity index is 1090. The van der Waals surface area contributed by atoms with Gasteiger partial charge >= 0.3 is 6.61 Å². The molecule has 0 spiro atoms. The van der Waals surface area contributed by atoms with Gasteiger partial charge in [-0.2, -0.15) is 8.78 Å². The Labute approximate surface area is 170 Å². The number of phenols is 1. The summed E-state index contributed by atoms with van der Waals surface area (Å²) in [6.07, 6.45) is 1.25. The molecule has 0 aliphatic heterocycles. The fourth-order valence-corrected chi connectivity index (χ4v) is 2.70. The number of ether oxygens (including phenoxy) is 2. The minimum Gasteiger partial charge on any atom is -0.507 e. The Hall–Kier alpha value is -4.01. The third kappa shape index (κ3) is 4.88. The van der Waals surface area contributed by atoms with Crippen LogP contribution in [0.3, 0.4) is 0 Å². The summed E-state index contributed by atoms with van der Waals surface area (Å²) in [4.78, 5) is 14.5. The molecule has 154 valence electrons. The Morgan fingerprint density at radius 2 is 1.83 bits per heavy atom. The fourth-order valence-electron chi connectivity index (χ4n) is 2.70. The molecule has 3 aromatic carbocycles. The third-order valence-electron chi connectivity index (χ3n) is 4.15. The fraction of sp³-hybridized carbons (Fsp3) is 0.0952. The lowest BCUT2D eigenvalue weighted by Crippen LogP contribution is -2.03. The van der Waals surface area contributed by atoms with Gasteiger partial charge in [-0.3, -0.25) is 15.1 Å². The maximum Gasteiger partial charge on any atom is 0.387 e. The van der Waals surface area contributed by atoms with E-state index in [9.17, 15) is 24.0 Å². The van der Waals surface area contributed by atoms with Gasteiger partial charge in [0.05, 0.1) is 17.7 Å². The predicted molar refractivity (Wildman–Crippen MR) is 107 cm³/mol. The maximum atomic E-state index is 12.8. The van der Waals surface area contributed by atoms with Crippen molar-refractivity contribution in [3.05, 3.63) is 76.3 Å². The van der Waals surface area contributed by atoms with Crippen LogP contribution in [0.25, 0.3) is 11.1 Å². The molecule has 0 amide bonds. The molecule has 7 nitrogen and oxygen atoms in total. The highest BCUT2D eigenvalue weighted by Gasteiger charge is 2.13. The SMILES string of the molecule is COc1ccc(-c2cc(N=Cc3cc([N+](=O)[O-])ccc3O)ccc2OC(F)F)cc1. The molecule has 0 unspecified atom stereocenters. The number of hydrogen-bond donors (Lipinski definition) is 1. The molecule has 9 heteroatoms. The topological polar surface area (TPSA) is 94.2 Å². The second-order valence-electron chi connectivity index (χ2n) is 6.05. The summed E-state index contributed by atoms with van der Waals surface area (Å²) in [5.41, 5.74) is 1.28. The van der Waals surface area contributed by atoms with Crippen LogP contribution in [-0.2, 0) is 0 Å². The molecule has 1 N–H and O–H groups in total. The van der Waals surface area contributed by atoms with Gasteiger partial charge in [-0.15, -0.1) is 0 Å². The number of nitro benzene ring substituents is 1. The van der Waals surface area contributed by atoms with Gasteiger partial charge in [0, 0.05) is 29.5 Å². The van der Waals surface area contributed by atoms with Gasteiger partial charge in [-0.25, -0.2) is 0 Å². The Kier molecular flexibility index (Phi) is 6.21. The zero-order chi connectivity index (χ0) is 21.7. The molecule has 0 saturated heterocycles. The zero-order valence-corrected chi connectivity index (χ0v) is 15.7. The number of rotatable bonds is 7. The molecule has 0 aliphatic carbocycles. The molecule has 3 rings (SSSR count). The van der Waals surface area contributed by atoms with Crippen molar-refractivity contribution in [1.29, 1.82) is 0 Å². The van der Waals surface area contributed by atoms with Crippen LogP contribution < -0.4 is 9.47 Å². The van der Waals surface area contributed by atoms with Crippen LogP contribution in [0.4, 0.5) is 20.2 Å². The normalized spacial score (nSPS) is 11.1. The van der Waals surface area contributed by atoms with E-state index < -0.39 is 11.5 Å². The standard InChI is InChI=1S/C21H16F2N2O5/c1-29-17-6-2-13(3-7-17)18-11-15(4-9-20(18)30-21(22)23)24-12-14-10-16(25(27)28)5-8-19(14)26/h2-12,21,26H,1H3. The molecule has 3 aromatic rings. The number of phenolic OH excluding ortho intramolecular Hbond substituents is 1. The Morgan fingerprint density at radius 1 is 1.10 bits per heavy atom. The Morgan fingerprint density at radius 3 is 2.47 bits per heavy atom. The van der Waals surface area contributed by atoms with Gasteiger partial charge in [-0.05, 0) is 42.0 Å². The van der Waals surface area contributed by atoms with E-state index in [1.54, 1.807) is 24.3 Å². The number of methoxy groups -OCH3 is 1. The summed E-state index contributed by atoms with van der Waals surface area (Å²) >= 11 is 0. The minimum absolute atomic E-state index is 0.0349. The lowest BCUT2D eigenvalue weighted by atomic mass is 10.0. The molecule has 0 radical (unpaired) electrons. The highest BCUT2D eigenvalue weighted by Crippen LogP contribution is 2.35. The van der Waals surface area contributed by atoms with Crippen molar-refractivity contribution < 1.29 is 28.3 Å². The molecule has 0 fully saturated rings. The van der Waals surface area contributed by atoms with E-state index in [1.165, 1.54) is 49.7 Å². The predicted octanol–water partition coefficient (Wildman–Crippen LogP) is 5.33. The average molecular weight is 414 g/mol. The Balaban J connectivity index is 1.99. The summed E-state index contributed by atoms with van der Waals surface area (Å²) in [6.45, 7) is -3.00. The lowest BCUT2D eigenvalue weighted by molar-refractivity contribution is -0.384. The average Bonchev–Trinajstić information content (AvgIpc) is 2.73. The van der Waals surface area contributed by atoms with E-state index in [0.29, 0.717) is 22.6 Å². The van der Waals surface area contributed by atoms with Crippen molar-refractivity contribution in [3.8, 4) is 28.4 Å². The second-order valence-corrected chi connectivity index (χ2v) is 6.05. The van der Waals surface area contributed by atoms with E-state index in [1.807, 2.05) is 0 Å². The van der Waals surface area contributed by atoms with E-state index in [-0.39, 0.29) is 22.7 Å². The van der Waals surface area contributed by atoms with Crippen LogP contribution in [-0.4, -0.2) is 30.0 Å². The van der Waals surface area contributed by atoms with Crippen LogP contribution in [0.1, 0.15) is 5.56 Å². The quantitative estimate of drug-likeness (QED) is 0.320. The summed E-state index contributed by atoms with van der Waals surface area (Å²) < 4.78 is 35.3. The molecule has 0 atom stereocenters. The molecular formula is C21H16F2N2O5.